The Balaban J connectivity index is 1.46. The molecule has 130 valence electrons. The van der Waals surface area contributed by atoms with E-state index in [9.17, 15) is 13.5 Å². The fourth-order valence-electron chi connectivity index (χ4n) is 3.32. The van der Waals surface area contributed by atoms with Crippen molar-refractivity contribution in [1.29, 1.82) is 0 Å². The second-order valence-electron chi connectivity index (χ2n) is 6.55. The van der Waals surface area contributed by atoms with Crippen LogP contribution in [-0.2, 0) is 28.6 Å². The SMILES string of the molecule is O=S(=O)(Cc1noc2ccccc12)NCC1(O)Cc2ccccc2C1. The van der Waals surface area contributed by atoms with E-state index in [4.69, 9.17) is 4.52 Å². The normalized spacial score (nSPS) is 16.2. The van der Waals surface area contributed by atoms with Gasteiger partial charge in [0.1, 0.15) is 11.4 Å². The molecule has 1 aliphatic rings. The number of para-hydroxylation sites is 1. The van der Waals surface area contributed by atoms with Crippen LogP contribution in [0.1, 0.15) is 16.8 Å². The molecule has 1 aliphatic carbocycles. The highest BCUT2D eigenvalue weighted by molar-refractivity contribution is 7.88. The average Bonchev–Trinajstić information content (AvgIpc) is 3.14. The molecule has 6 nitrogen and oxygen atoms in total. The number of aromatic nitrogens is 1. The number of sulfonamides is 1. The quantitative estimate of drug-likeness (QED) is 0.725. The summed E-state index contributed by atoms with van der Waals surface area (Å²) in [5, 5.41) is 15.2. The third-order valence-electron chi connectivity index (χ3n) is 4.56. The number of benzene rings is 2. The van der Waals surface area contributed by atoms with Crippen LogP contribution in [0, 0.1) is 0 Å². The minimum atomic E-state index is -3.64. The molecule has 7 heteroatoms. The van der Waals surface area contributed by atoms with Crippen molar-refractivity contribution in [2.45, 2.75) is 24.2 Å². The van der Waals surface area contributed by atoms with Crippen LogP contribution in [0.2, 0.25) is 0 Å². The molecule has 0 saturated carbocycles. The lowest BCUT2D eigenvalue weighted by molar-refractivity contribution is 0.0567. The zero-order valence-corrected chi connectivity index (χ0v) is 14.3. The molecule has 0 radical (unpaired) electrons. The molecule has 0 amide bonds. The number of hydrogen-bond acceptors (Lipinski definition) is 5. The molecule has 4 rings (SSSR count). The van der Waals surface area contributed by atoms with Crippen molar-refractivity contribution >= 4 is 21.0 Å². The topological polar surface area (TPSA) is 92.4 Å². The first-order chi connectivity index (χ1) is 11.9. The van der Waals surface area contributed by atoms with Crippen molar-refractivity contribution < 1.29 is 18.0 Å². The van der Waals surface area contributed by atoms with Gasteiger partial charge in [0.15, 0.2) is 5.58 Å². The number of hydrogen-bond donors (Lipinski definition) is 2. The van der Waals surface area contributed by atoms with E-state index in [1.54, 1.807) is 18.2 Å². The largest absolute Gasteiger partial charge is 0.388 e. The molecule has 0 saturated heterocycles. The maximum atomic E-state index is 12.4. The standard InChI is InChI=1S/C18H18N2O4S/c21-18(9-13-5-1-2-6-14(13)10-18)12-19-25(22,23)11-16-15-7-3-4-8-17(15)24-20-16/h1-8,19,21H,9-12H2. The maximum absolute atomic E-state index is 12.4. The number of rotatable bonds is 5. The monoisotopic (exact) mass is 358 g/mol. The lowest BCUT2D eigenvalue weighted by Gasteiger charge is -2.22. The van der Waals surface area contributed by atoms with Gasteiger partial charge in [0.05, 0.1) is 5.60 Å². The van der Waals surface area contributed by atoms with E-state index in [2.05, 4.69) is 9.88 Å². The third kappa shape index (κ3) is 3.30. The van der Waals surface area contributed by atoms with E-state index in [1.807, 2.05) is 30.3 Å². The van der Waals surface area contributed by atoms with Gasteiger partial charge in [0.2, 0.25) is 10.0 Å². The molecule has 25 heavy (non-hydrogen) atoms. The second-order valence-corrected chi connectivity index (χ2v) is 8.36. The lowest BCUT2D eigenvalue weighted by atomic mass is 10.0. The second kappa shape index (κ2) is 5.94. The molecule has 1 heterocycles. The smallest absolute Gasteiger partial charge is 0.217 e. The van der Waals surface area contributed by atoms with Crippen molar-refractivity contribution in [2.75, 3.05) is 6.54 Å². The van der Waals surface area contributed by atoms with E-state index in [-0.39, 0.29) is 12.3 Å². The van der Waals surface area contributed by atoms with E-state index >= 15 is 0 Å². The molecule has 0 bridgehead atoms. The highest BCUT2D eigenvalue weighted by Gasteiger charge is 2.36. The van der Waals surface area contributed by atoms with Gasteiger partial charge in [-0.3, -0.25) is 0 Å². The number of nitrogens with zero attached hydrogens (tertiary/aromatic N) is 1. The predicted octanol–water partition coefficient (Wildman–Crippen LogP) is 1.78. The Morgan fingerprint density at radius 3 is 2.44 bits per heavy atom. The van der Waals surface area contributed by atoms with Gasteiger partial charge in [-0.05, 0) is 23.3 Å². The van der Waals surface area contributed by atoms with Gasteiger partial charge in [-0.2, -0.15) is 0 Å². The first-order valence-corrected chi connectivity index (χ1v) is 9.69. The molecule has 0 fully saturated rings. The van der Waals surface area contributed by atoms with Crippen LogP contribution in [0.25, 0.3) is 11.0 Å². The maximum Gasteiger partial charge on any atom is 0.217 e. The molecule has 0 unspecified atom stereocenters. The van der Waals surface area contributed by atoms with Crippen LogP contribution >= 0.6 is 0 Å². The number of fused-ring (bicyclic) bond motifs is 2. The highest BCUT2D eigenvalue weighted by Crippen LogP contribution is 2.29. The summed E-state index contributed by atoms with van der Waals surface area (Å²) in [7, 11) is -3.64. The molecule has 0 atom stereocenters. The Hall–Kier alpha value is -2.22. The molecule has 3 aromatic rings. The molecular weight excluding hydrogens is 340 g/mol. The van der Waals surface area contributed by atoms with Crippen LogP contribution in [0.5, 0.6) is 0 Å². The summed E-state index contributed by atoms with van der Waals surface area (Å²) in [5.74, 6) is -0.285. The summed E-state index contributed by atoms with van der Waals surface area (Å²) < 4.78 is 32.5. The fraction of sp³-hybridized carbons (Fsp3) is 0.278. The van der Waals surface area contributed by atoms with Crippen LogP contribution in [0.3, 0.4) is 0 Å². The summed E-state index contributed by atoms with van der Waals surface area (Å²) in [5.41, 5.74) is 1.95. The van der Waals surface area contributed by atoms with Gasteiger partial charge in [0, 0.05) is 24.8 Å². The Morgan fingerprint density at radius 1 is 1.08 bits per heavy atom. The Labute approximate surface area is 145 Å². The predicted molar refractivity (Wildman–Crippen MR) is 93.4 cm³/mol. The van der Waals surface area contributed by atoms with E-state index in [0.29, 0.717) is 29.5 Å². The fourth-order valence-corrected chi connectivity index (χ4v) is 4.48. The molecule has 0 spiro atoms. The van der Waals surface area contributed by atoms with E-state index in [1.165, 1.54) is 0 Å². The van der Waals surface area contributed by atoms with Gasteiger partial charge >= 0.3 is 0 Å². The Bertz CT molecular complexity index is 1000. The van der Waals surface area contributed by atoms with Crippen LogP contribution in [0.4, 0.5) is 0 Å². The van der Waals surface area contributed by atoms with Gasteiger partial charge < -0.3 is 9.63 Å². The highest BCUT2D eigenvalue weighted by atomic mass is 32.2. The molecule has 1 aromatic heterocycles. The van der Waals surface area contributed by atoms with Crippen LogP contribution in [0.15, 0.2) is 53.1 Å². The zero-order valence-electron chi connectivity index (χ0n) is 13.5. The van der Waals surface area contributed by atoms with Crippen molar-refractivity contribution in [3.05, 3.63) is 65.4 Å². The number of nitrogens with one attached hydrogen (secondary N) is 1. The zero-order chi connectivity index (χ0) is 17.5. The molecule has 2 N–H and O–H groups in total. The third-order valence-corrected chi connectivity index (χ3v) is 5.80. The van der Waals surface area contributed by atoms with Gasteiger partial charge in [-0.25, -0.2) is 13.1 Å². The summed E-state index contributed by atoms with van der Waals surface area (Å²) in [6, 6.07) is 14.9. The molecule has 0 aliphatic heterocycles. The molecular formula is C18H18N2O4S. The van der Waals surface area contributed by atoms with Gasteiger partial charge in [-0.15, -0.1) is 0 Å². The molecule has 2 aromatic carbocycles. The summed E-state index contributed by atoms with van der Waals surface area (Å²) in [4.78, 5) is 0. The van der Waals surface area contributed by atoms with Crippen LogP contribution in [-0.4, -0.2) is 30.8 Å². The van der Waals surface area contributed by atoms with Gasteiger partial charge in [-0.1, -0.05) is 41.6 Å². The summed E-state index contributed by atoms with van der Waals surface area (Å²) >= 11 is 0. The first-order valence-electron chi connectivity index (χ1n) is 8.04. The van der Waals surface area contributed by atoms with Crippen molar-refractivity contribution in [3.8, 4) is 0 Å². The minimum absolute atomic E-state index is 0.0280. The number of aliphatic hydroxyl groups is 1. The van der Waals surface area contributed by atoms with Gasteiger partial charge in [0.25, 0.3) is 0 Å². The summed E-state index contributed by atoms with van der Waals surface area (Å²) in [6.07, 6.45) is 0.886. The van der Waals surface area contributed by atoms with E-state index in [0.717, 1.165) is 11.1 Å². The Kier molecular flexibility index (Phi) is 3.87. The average molecular weight is 358 g/mol. The van der Waals surface area contributed by atoms with Crippen molar-refractivity contribution in [1.82, 2.24) is 9.88 Å². The first kappa shape index (κ1) is 16.3. The van der Waals surface area contributed by atoms with E-state index < -0.39 is 15.6 Å². The van der Waals surface area contributed by atoms with Crippen molar-refractivity contribution in [2.24, 2.45) is 0 Å². The van der Waals surface area contributed by atoms with Crippen LogP contribution < -0.4 is 4.72 Å². The minimum Gasteiger partial charge on any atom is -0.388 e. The van der Waals surface area contributed by atoms with Crippen molar-refractivity contribution in [3.63, 3.8) is 0 Å². The summed E-state index contributed by atoms with van der Waals surface area (Å²) in [6.45, 7) is -0.0280. The lowest BCUT2D eigenvalue weighted by Crippen LogP contribution is -2.44. The Morgan fingerprint density at radius 2 is 1.72 bits per heavy atom.